The van der Waals surface area contributed by atoms with Crippen molar-refractivity contribution < 1.29 is 10.2 Å². The zero-order valence-electron chi connectivity index (χ0n) is 22.8. The number of aliphatic hydroxyl groups is 2. The molecule has 2 aromatic heterocycles. The van der Waals surface area contributed by atoms with E-state index in [9.17, 15) is 5.11 Å². The van der Waals surface area contributed by atoms with E-state index in [1.807, 2.05) is 72.8 Å². The fraction of sp³-hybridized carbons (Fsp3) is 0.250. The highest BCUT2D eigenvalue weighted by Crippen LogP contribution is 2.28. The Morgan fingerprint density at radius 1 is 0.762 bits per heavy atom. The lowest BCUT2D eigenvalue weighted by Gasteiger charge is -2.17. The van der Waals surface area contributed by atoms with Gasteiger partial charge in [-0.25, -0.2) is 19.9 Å². The number of hydrogen-bond donors (Lipinski definition) is 6. The fourth-order valence-corrected chi connectivity index (χ4v) is 4.48. The summed E-state index contributed by atoms with van der Waals surface area (Å²) in [5.41, 5.74) is 24.1. The van der Waals surface area contributed by atoms with Crippen LogP contribution in [0.3, 0.4) is 0 Å². The van der Waals surface area contributed by atoms with Crippen LogP contribution in [-0.4, -0.2) is 49.9 Å². The molecule has 10 heteroatoms. The minimum Gasteiger partial charge on any atom is -0.394 e. The van der Waals surface area contributed by atoms with Crippen LogP contribution in [0.15, 0.2) is 85.5 Å². The molecule has 0 unspecified atom stereocenters. The van der Waals surface area contributed by atoms with Crippen molar-refractivity contribution in [2.45, 2.75) is 32.4 Å². The maximum Gasteiger partial charge on any atom is 0.130 e. The number of aromatic nitrogens is 4. The molecule has 0 amide bonds. The van der Waals surface area contributed by atoms with Gasteiger partial charge in [0.1, 0.15) is 24.3 Å². The van der Waals surface area contributed by atoms with Gasteiger partial charge in [-0.2, -0.15) is 0 Å². The van der Waals surface area contributed by atoms with Crippen LogP contribution in [0.2, 0.25) is 0 Å². The summed E-state index contributed by atoms with van der Waals surface area (Å²) >= 11 is 0. The average molecular weight is 569 g/mol. The summed E-state index contributed by atoms with van der Waals surface area (Å²) in [6.45, 7) is 0.698. The first-order valence-corrected chi connectivity index (χ1v) is 13.4. The smallest absolute Gasteiger partial charge is 0.130 e. The molecule has 0 aliphatic heterocycles. The molecule has 2 aliphatic carbocycles. The molecule has 0 saturated carbocycles. The van der Waals surface area contributed by atoms with E-state index in [1.54, 1.807) is 0 Å². The first-order chi connectivity index (χ1) is 20.0. The van der Waals surface area contributed by atoms with E-state index in [0.29, 0.717) is 18.2 Å². The molecule has 6 rings (SSSR count). The van der Waals surface area contributed by atoms with Gasteiger partial charge in [-0.05, 0) is 35.6 Å². The van der Waals surface area contributed by atoms with Crippen molar-refractivity contribution >= 4 is 23.3 Å². The highest BCUT2D eigenvalue weighted by atomic mass is 16.3. The van der Waals surface area contributed by atoms with Gasteiger partial charge >= 0.3 is 0 Å². The number of hydrogen-bond acceptors (Lipinski definition) is 10. The Bertz CT molecular complexity index is 1460. The molecule has 0 spiro atoms. The number of aliphatic hydroxyl groups excluding tert-OH is 2. The zero-order valence-corrected chi connectivity index (χ0v) is 22.8. The van der Waals surface area contributed by atoms with Gasteiger partial charge in [0, 0.05) is 17.7 Å². The Hall–Kier alpha value is -4.48. The second-order valence-corrected chi connectivity index (χ2v) is 9.48. The van der Waals surface area contributed by atoms with Gasteiger partial charge in [0.05, 0.1) is 36.7 Å². The van der Waals surface area contributed by atoms with E-state index in [0.717, 1.165) is 52.1 Å². The van der Waals surface area contributed by atoms with E-state index < -0.39 is 0 Å². The SMILES string of the molecule is C.N[C@H](CO)c1ccccc1.Nc1ncnc2c1CC=C2.Nc1ncnc2c1CC=C2CN[C@H](CO)c1ccccc1. The third-order valence-electron chi connectivity index (χ3n) is 6.79. The summed E-state index contributed by atoms with van der Waals surface area (Å²) in [6, 6.07) is 19.1. The standard InChI is InChI=1S/C16H18N4O.C8H11NO.C7H7N3.CH4/c17-16-13-7-6-12(15(13)19-10-20-16)8-18-14(9-21)11-4-2-1-3-5-11;9-8(6-10)7-4-2-1-3-5-7;8-7-5-2-1-3-6(5)9-4-10-7;/h1-6,10,14,18,21H,7-9H2,(H2,17,19,20);1-5,8,10H,6,9H2;1,3-4H,2H2,(H2,8,9,10);1H4/t14-;8-;;/m11../s1. The number of rotatable bonds is 7. The van der Waals surface area contributed by atoms with E-state index in [1.165, 1.54) is 12.7 Å². The van der Waals surface area contributed by atoms with E-state index >= 15 is 0 Å². The van der Waals surface area contributed by atoms with Crippen LogP contribution in [0.4, 0.5) is 11.6 Å². The monoisotopic (exact) mass is 568 g/mol. The van der Waals surface area contributed by atoms with Crippen LogP contribution < -0.4 is 22.5 Å². The lowest BCUT2D eigenvalue weighted by Crippen LogP contribution is -2.26. The number of allylic oxidation sites excluding steroid dienone is 2. The van der Waals surface area contributed by atoms with Crippen molar-refractivity contribution in [3.63, 3.8) is 0 Å². The Labute approximate surface area is 247 Å². The normalized spacial score (nSPS) is 13.6. The molecule has 2 aromatic carbocycles. The van der Waals surface area contributed by atoms with Gasteiger partial charge in [-0.3, -0.25) is 0 Å². The Morgan fingerprint density at radius 3 is 2.00 bits per heavy atom. The predicted octanol–water partition coefficient (Wildman–Crippen LogP) is 3.26. The van der Waals surface area contributed by atoms with E-state index in [2.05, 4.69) is 31.3 Å². The molecule has 0 saturated heterocycles. The van der Waals surface area contributed by atoms with Crippen LogP contribution in [0.5, 0.6) is 0 Å². The average Bonchev–Trinajstić information content (AvgIpc) is 3.68. The highest BCUT2D eigenvalue weighted by molar-refractivity contribution is 5.74. The van der Waals surface area contributed by atoms with Crippen molar-refractivity contribution in [1.29, 1.82) is 0 Å². The minimum atomic E-state index is -0.235. The van der Waals surface area contributed by atoms with Crippen LogP contribution in [0.25, 0.3) is 11.6 Å². The minimum absolute atomic E-state index is 0. The second kappa shape index (κ2) is 16.1. The van der Waals surface area contributed by atoms with Gasteiger partial charge in [-0.15, -0.1) is 0 Å². The first-order valence-electron chi connectivity index (χ1n) is 13.4. The van der Waals surface area contributed by atoms with Gasteiger partial charge < -0.3 is 32.7 Å². The Balaban J connectivity index is 0.000000193. The van der Waals surface area contributed by atoms with Crippen LogP contribution in [0, 0.1) is 0 Å². The van der Waals surface area contributed by atoms with Crippen LogP contribution >= 0.6 is 0 Å². The molecule has 2 atom stereocenters. The summed E-state index contributed by atoms with van der Waals surface area (Å²) in [5, 5.41) is 21.6. The summed E-state index contributed by atoms with van der Waals surface area (Å²) in [4.78, 5) is 16.3. The van der Waals surface area contributed by atoms with Crippen molar-refractivity contribution in [3.8, 4) is 0 Å². The molecule has 10 nitrogen and oxygen atoms in total. The van der Waals surface area contributed by atoms with Crippen LogP contribution in [0.1, 0.15) is 53.2 Å². The predicted molar refractivity (Wildman–Crippen MR) is 169 cm³/mol. The number of anilines is 2. The van der Waals surface area contributed by atoms with Crippen molar-refractivity contribution in [1.82, 2.24) is 25.3 Å². The molecule has 9 N–H and O–H groups in total. The largest absolute Gasteiger partial charge is 0.394 e. The van der Waals surface area contributed by atoms with Crippen molar-refractivity contribution in [3.05, 3.63) is 119 Å². The van der Waals surface area contributed by atoms with Gasteiger partial charge in [0.15, 0.2) is 0 Å². The molecule has 2 aliphatic rings. The number of nitrogens with two attached hydrogens (primary N) is 3. The number of fused-ring (bicyclic) bond motifs is 2. The van der Waals surface area contributed by atoms with Gasteiger partial charge in [-0.1, -0.05) is 80.2 Å². The Morgan fingerprint density at radius 2 is 1.38 bits per heavy atom. The third kappa shape index (κ3) is 8.27. The molecule has 4 aromatic rings. The number of nitrogens with zero attached hydrogens (tertiary/aromatic N) is 4. The summed E-state index contributed by atoms with van der Waals surface area (Å²) in [6.07, 6.45) is 10.7. The van der Waals surface area contributed by atoms with Gasteiger partial charge in [0.2, 0.25) is 0 Å². The molecule has 42 heavy (non-hydrogen) atoms. The van der Waals surface area contributed by atoms with E-state index in [-0.39, 0.29) is 32.7 Å². The molecule has 2 heterocycles. The quantitative estimate of drug-likeness (QED) is 0.193. The lowest BCUT2D eigenvalue weighted by atomic mass is 10.1. The molecule has 0 bridgehead atoms. The first kappa shape index (κ1) is 32.0. The topological polar surface area (TPSA) is 182 Å². The zero-order chi connectivity index (χ0) is 29.0. The molecular weight excluding hydrogens is 528 g/mol. The fourth-order valence-electron chi connectivity index (χ4n) is 4.48. The highest BCUT2D eigenvalue weighted by Gasteiger charge is 2.19. The maximum absolute atomic E-state index is 9.57. The van der Waals surface area contributed by atoms with Crippen LogP contribution in [-0.2, 0) is 12.8 Å². The number of nitrogens with one attached hydrogen (secondary N) is 1. The lowest BCUT2D eigenvalue weighted by molar-refractivity contribution is 0.248. The van der Waals surface area contributed by atoms with Crippen molar-refractivity contribution in [2.75, 3.05) is 31.2 Å². The molecule has 0 radical (unpaired) electrons. The maximum atomic E-state index is 9.57. The number of nitrogen functional groups attached to an aromatic ring is 2. The molecule has 220 valence electrons. The van der Waals surface area contributed by atoms with E-state index in [4.69, 9.17) is 22.3 Å². The summed E-state index contributed by atoms with van der Waals surface area (Å²) < 4.78 is 0. The number of benzene rings is 2. The summed E-state index contributed by atoms with van der Waals surface area (Å²) in [5.74, 6) is 1.16. The molecular formula is C32H40N8O2. The summed E-state index contributed by atoms with van der Waals surface area (Å²) in [7, 11) is 0. The van der Waals surface area contributed by atoms with Crippen molar-refractivity contribution in [2.24, 2.45) is 5.73 Å². The third-order valence-corrected chi connectivity index (χ3v) is 6.79. The Kier molecular flexibility index (Phi) is 12.3. The molecule has 0 fully saturated rings. The van der Waals surface area contributed by atoms with Gasteiger partial charge in [0.25, 0.3) is 0 Å². The second-order valence-electron chi connectivity index (χ2n) is 9.48.